The van der Waals surface area contributed by atoms with E-state index in [0.29, 0.717) is 25.2 Å². The summed E-state index contributed by atoms with van der Waals surface area (Å²) in [5.74, 6) is 0.711. The fourth-order valence-corrected chi connectivity index (χ4v) is 4.28. The highest BCUT2D eigenvalue weighted by molar-refractivity contribution is 5.97. The smallest absolute Gasteiger partial charge is 0.275 e. The van der Waals surface area contributed by atoms with Crippen LogP contribution in [0.1, 0.15) is 41.5 Å². The Morgan fingerprint density at radius 1 is 1.12 bits per heavy atom. The second-order valence-electron chi connectivity index (χ2n) is 8.70. The highest BCUT2D eigenvalue weighted by Crippen LogP contribution is 2.33. The molecule has 1 aromatic heterocycles. The summed E-state index contributed by atoms with van der Waals surface area (Å²) in [4.78, 5) is 30.0. The Balaban J connectivity index is 1.69. The van der Waals surface area contributed by atoms with Crippen molar-refractivity contribution in [1.82, 2.24) is 20.0 Å². The fraction of sp³-hybridized carbons (Fsp3) is 0.346. The van der Waals surface area contributed by atoms with Crippen LogP contribution < -0.4 is 4.74 Å². The van der Waals surface area contributed by atoms with E-state index in [4.69, 9.17) is 4.74 Å². The predicted molar refractivity (Wildman–Crippen MR) is 127 cm³/mol. The van der Waals surface area contributed by atoms with Gasteiger partial charge in [0.2, 0.25) is 5.91 Å². The zero-order valence-electron chi connectivity index (χ0n) is 19.5. The van der Waals surface area contributed by atoms with Crippen LogP contribution in [-0.4, -0.2) is 65.1 Å². The third-order valence-electron chi connectivity index (χ3n) is 6.24. The SMILES string of the molecule is COc1ccccc1-c1ccccc1C[C@H]1C(=O)N(C)CCN1C(=O)c1cc(C(C)C)[nH]n1. The standard InChI is InChI=1S/C26H30N4O3/c1-17(2)21-16-22(28-27-21)25(31)30-14-13-29(3)26(32)23(30)15-18-9-5-6-10-19(18)20-11-7-8-12-24(20)33-4/h5-12,16-17,23H,13-15H2,1-4H3,(H,27,28)/t23-/m0/s1. The number of ether oxygens (including phenoxy) is 1. The molecule has 1 saturated heterocycles. The van der Waals surface area contributed by atoms with Crippen LogP contribution in [0, 0.1) is 0 Å². The second kappa shape index (κ2) is 9.48. The number of amides is 2. The van der Waals surface area contributed by atoms with Crippen molar-refractivity contribution >= 4 is 11.8 Å². The van der Waals surface area contributed by atoms with Crippen LogP contribution in [0.15, 0.2) is 54.6 Å². The molecule has 1 atom stereocenters. The van der Waals surface area contributed by atoms with E-state index in [1.54, 1.807) is 30.0 Å². The van der Waals surface area contributed by atoms with Crippen LogP contribution in [0.4, 0.5) is 0 Å². The molecule has 1 fully saturated rings. The number of aromatic amines is 1. The summed E-state index contributed by atoms with van der Waals surface area (Å²) in [5.41, 5.74) is 4.18. The number of hydrogen-bond donors (Lipinski definition) is 1. The molecule has 0 spiro atoms. The first-order chi connectivity index (χ1) is 15.9. The molecule has 2 amide bonds. The van der Waals surface area contributed by atoms with Crippen LogP contribution in [0.3, 0.4) is 0 Å². The van der Waals surface area contributed by atoms with Gasteiger partial charge in [-0.15, -0.1) is 0 Å². The number of benzene rings is 2. The van der Waals surface area contributed by atoms with Gasteiger partial charge in [-0.25, -0.2) is 0 Å². The summed E-state index contributed by atoms with van der Waals surface area (Å²) < 4.78 is 5.57. The summed E-state index contributed by atoms with van der Waals surface area (Å²) in [5, 5.41) is 7.17. The Bertz CT molecular complexity index is 1150. The van der Waals surface area contributed by atoms with Crippen LogP contribution >= 0.6 is 0 Å². The zero-order chi connectivity index (χ0) is 23.5. The maximum absolute atomic E-state index is 13.4. The number of nitrogens with zero attached hydrogens (tertiary/aromatic N) is 3. The summed E-state index contributed by atoms with van der Waals surface area (Å²) in [7, 11) is 3.44. The lowest BCUT2D eigenvalue weighted by atomic mass is 9.92. The van der Waals surface area contributed by atoms with Crippen molar-refractivity contribution in [1.29, 1.82) is 0 Å². The van der Waals surface area contributed by atoms with Gasteiger partial charge in [0.1, 0.15) is 17.5 Å². The third kappa shape index (κ3) is 4.49. The molecule has 4 rings (SSSR count). The number of H-pyrrole nitrogens is 1. The van der Waals surface area contributed by atoms with Crippen molar-refractivity contribution < 1.29 is 14.3 Å². The topological polar surface area (TPSA) is 78.5 Å². The van der Waals surface area contributed by atoms with Crippen LogP contribution in [0.25, 0.3) is 11.1 Å². The Kier molecular flexibility index (Phi) is 6.49. The number of methoxy groups -OCH3 is 1. The highest BCUT2D eigenvalue weighted by Gasteiger charge is 2.37. The highest BCUT2D eigenvalue weighted by atomic mass is 16.5. The third-order valence-corrected chi connectivity index (χ3v) is 6.24. The number of piperazine rings is 1. The van der Waals surface area contributed by atoms with E-state index >= 15 is 0 Å². The molecule has 3 aromatic rings. The van der Waals surface area contributed by atoms with E-state index in [9.17, 15) is 9.59 Å². The molecule has 0 saturated carbocycles. The molecule has 7 nitrogen and oxygen atoms in total. The van der Waals surface area contributed by atoms with Crippen molar-refractivity contribution in [2.24, 2.45) is 0 Å². The fourth-order valence-electron chi connectivity index (χ4n) is 4.28. The molecule has 7 heteroatoms. The first kappa shape index (κ1) is 22.6. The van der Waals surface area contributed by atoms with E-state index in [2.05, 4.69) is 10.2 Å². The van der Waals surface area contributed by atoms with Gasteiger partial charge in [0.25, 0.3) is 5.91 Å². The summed E-state index contributed by atoms with van der Waals surface area (Å²) >= 11 is 0. The molecule has 1 aliphatic heterocycles. The lowest BCUT2D eigenvalue weighted by Gasteiger charge is -2.39. The first-order valence-corrected chi connectivity index (χ1v) is 11.2. The number of nitrogens with one attached hydrogen (secondary N) is 1. The number of carbonyl (C=O) groups is 2. The second-order valence-corrected chi connectivity index (χ2v) is 8.70. The lowest BCUT2D eigenvalue weighted by molar-refractivity contribution is -0.138. The van der Waals surface area contributed by atoms with E-state index in [1.165, 1.54) is 0 Å². The van der Waals surface area contributed by atoms with Crippen molar-refractivity contribution in [2.75, 3.05) is 27.2 Å². The average molecular weight is 447 g/mol. The number of carbonyl (C=O) groups excluding carboxylic acids is 2. The van der Waals surface area contributed by atoms with Crippen molar-refractivity contribution in [3.8, 4) is 16.9 Å². The van der Waals surface area contributed by atoms with Crippen LogP contribution in [-0.2, 0) is 11.2 Å². The van der Waals surface area contributed by atoms with Gasteiger partial charge >= 0.3 is 0 Å². The molecule has 0 bridgehead atoms. The number of likely N-dealkylation sites (N-methyl/N-ethyl adjacent to an activating group) is 1. The van der Waals surface area contributed by atoms with Crippen LogP contribution in [0.2, 0.25) is 0 Å². The van der Waals surface area contributed by atoms with Gasteiger partial charge in [-0.2, -0.15) is 5.10 Å². The molecule has 1 aliphatic rings. The molecule has 2 heterocycles. The van der Waals surface area contributed by atoms with E-state index in [1.807, 2.05) is 62.4 Å². The first-order valence-electron chi connectivity index (χ1n) is 11.2. The number of aromatic nitrogens is 2. The van der Waals surface area contributed by atoms with Gasteiger partial charge < -0.3 is 14.5 Å². The van der Waals surface area contributed by atoms with Gasteiger partial charge in [0, 0.05) is 37.8 Å². The number of para-hydroxylation sites is 1. The Morgan fingerprint density at radius 3 is 2.52 bits per heavy atom. The number of rotatable bonds is 6. The monoisotopic (exact) mass is 446 g/mol. The predicted octanol–water partition coefficient (Wildman–Crippen LogP) is 3.73. The summed E-state index contributed by atoms with van der Waals surface area (Å²) in [6.45, 7) is 5.04. The molecule has 0 unspecified atom stereocenters. The molecular formula is C26H30N4O3. The van der Waals surface area contributed by atoms with Gasteiger partial charge in [0.15, 0.2) is 0 Å². The molecule has 33 heavy (non-hydrogen) atoms. The van der Waals surface area contributed by atoms with Gasteiger partial charge in [-0.1, -0.05) is 56.3 Å². The van der Waals surface area contributed by atoms with Crippen molar-refractivity contribution in [3.63, 3.8) is 0 Å². The Morgan fingerprint density at radius 2 is 1.82 bits per heavy atom. The molecule has 2 aromatic carbocycles. The number of hydrogen-bond acceptors (Lipinski definition) is 4. The van der Waals surface area contributed by atoms with Crippen molar-refractivity contribution in [2.45, 2.75) is 32.2 Å². The zero-order valence-corrected chi connectivity index (χ0v) is 19.5. The molecule has 0 radical (unpaired) electrons. The quantitative estimate of drug-likeness (QED) is 0.626. The maximum Gasteiger partial charge on any atom is 0.275 e. The minimum atomic E-state index is -0.605. The maximum atomic E-state index is 13.4. The molecule has 0 aliphatic carbocycles. The van der Waals surface area contributed by atoms with Gasteiger partial charge in [-0.05, 0) is 29.2 Å². The molecule has 1 N–H and O–H groups in total. The minimum absolute atomic E-state index is 0.0657. The lowest BCUT2D eigenvalue weighted by Crippen LogP contribution is -2.58. The van der Waals surface area contributed by atoms with Crippen molar-refractivity contribution in [3.05, 3.63) is 71.5 Å². The van der Waals surface area contributed by atoms with E-state index < -0.39 is 6.04 Å². The van der Waals surface area contributed by atoms with E-state index in [0.717, 1.165) is 28.1 Å². The largest absolute Gasteiger partial charge is 0.496 e. The van der Waals surface area contributed by atoms with E-state index in [-0.39, 0.29) is 17.7 Å². The van der Waals surface area contributed by atoms with Gasteiger partial charge in [0.05, 0.1) is 7.11 Å². The normalized spacial score (nSPS) is 16.4. The van der Waals surface area contributed by atoms with Gasteiger partial charge in [-0.3, -0.25) is 14.7 Å². The Hall–Kier alpha value is -3.61. The molecular weight excluding hydrogens is 416 g/mol. The Labute approximate surface area is 194 Å². The van der Waals surface area contributed by atoms with Crippen LogP contribution in [0.5, 0.6) is 5.75 Å². The summed E-state index contributed by atoms with van der Waals surface area (Å²) in [6.07, 6.45) is 0.407. The minimum Gasteiger partial charge on any atom is -0.496 e. The summed E-state index contributed by atoms with van der Waals surface area (Å²) in [6, 6.07) is 17.0. The average Bonchev–Trinajstić information content (AvgIpc) is 3.33. The molecule has 172 valence electrons.